The fourth-order valence-electron chi connectivity index (χ4n) is 1.83. The molecule has 0 fully saturated rings. The van der Waals surface area contributed by atoms with E-state index in [0.29, 0.717) is 24.5 Å². The second-order valence-corrected chi connectivity index (χ2v) is 4.17. The lowest BCUT2D eigenvalue weighted by atomic mass is 9.95. The van der Waals surface area contributed by atoms with Gasteiger partial charge in [0.2, 0.25) is 0 Å². The molecule has 0 aliphatic rings. The molecule has 5 nitrogen and oxygen atoms in total. The minimum Gasteiger partial charge on any atom is -0.497 e. The highest BCUT2D eigenvalue weighted by atomic mass is 16.5. The van der Waals surface area contributed by atoms with E-state index in [0.717, 1.165) is 5.56 Å². The number of methoxy groups -OCH3 is 2. The van der Waals surface area contributed by atoms with Crippen LogP contribution in [-0.2, 0) is 9.53 Å². The van der Waals surface area contributed by atoms with Crippen molar-refractivity contribution in [1.29, 1.82) is 5.26 Å². The van der Waals surface area contributed by atoms with Gasteiger partial charge in [-0.25, -0.2) is 0 Å². The van der Waals surface area contributed by atoms with E-state index in [1.165, 1.54) is 0 Å². The van der Waals surface area contributed by atoms with E-state index in [9.17, 15) is 10.1 Å². The summed E-state index contributed by atoms with van der Waals surface area (Å²) in [6, 6.07) is 7.50. The van der Waals surface area contributed by atoms with E-state index >= 15 is 0 Å². The smallest absolute Gasteiger partial charge is 0.305 e. The number of hydrogen-bond acceptors (Lipinski definition) is 5. The van der Waals surface area contributed by atoms with Crippen molar-refractivity contribution in [2.45, 2.75) is 25.7 Å². The van der Waals surface area contributed by atoms with Gasteiger partial charge in [-0.3, -0.25) is 4.79 Å². The summed E-state index contributed by atoms with van der Waals surface area (Å²) in [6.07, 6.45) is 0.622. The Hall–Kier alpha value is -2.22. The summed E-state index contributed by atoms with van der Waals surface area (Å²) in [6.45, 7) is 2.11. The fourth-order valence-corrected chi connectivity index (χ4v) is 1.83. The normalized spacial score (nSPS) is 11.3. The Morgan fingerprint density at radius 1 is 1.25 bits per heavy atom. The predicted molar refractivity (Wildman–Crippen MR) is 73.8 cm³/mol. The zero-order valence-electron chi connectivity index (χ0n) is 12.0. The predicted octanol–water partition coefficient (Wildman–Crippen LogP) is 2.65. The Morgan fingerprint density at radius 3 is 2.30 bits per heavy atom. The first-order chi connectivity index (χ1) is 9.64. The largest absolute Gasteiger partial charge is 0.497 e. The van der Waals surface area contributed by atoms with Crippen molar-refractivity contribution in [2.75, 3.05) is 20.8 Å². The van der Waals surface area contributed by atoms with E-state index < -0.39 is 5.92 Å². The van der Waals surface area contributed by atoms with Gasteiger partial charge in [0.15, 0.2) is 0 Å². The fraction of sp³-hybridized carbons (Fsp3) is 0.467. The summed E-state index contributed by atoms with van der Waals surface area (Å²) in [5.41, 5.74) is 0.771. The van der Waals surface area contributed by atoms with Crippen LogP contribution in [0.15, 0.2) is 18.2 Å². The van der Waals surface area contributed by atoms with Crippen molar-refractivity contribution < 1.29 is 19.0 Å². The van der Waals surface area contributed by atoms with Crippen LogP contribution in [0.25, 0.3) is 0 Å². The molecule has 0 N–H and O–H groups in total. The van der Waals surface area contributed by atoms with Gasteiger partial charge in [-0.15, -0.1) is 0 Å². The van der Waals surface area contributed by atoms with Gasteiger partial charge in [0, 0.05) is 12.5 Å². The first kappa shape index (κ1) is 15.8. The summed E-state index contributed by atoms with van der Waals surface area (Å²) in [4.78, 5) is 11.4. The Labute approximate surface area is 119 Å². The van der Waals surface area contributed by atoms with Gasteiger partial charge in [-0.2, -0.15) is 5.26 Å². The zero-order chi connectivity index (χ0) is 15.0. The number of hydrogen-bond donors (Lipinski definition) is 0. The molecular formula is C15H19NO4. The highest BCUT2D eigenvalue weighted by Gasteiger charge is 2.15. The highest BCUT2D eigenvalue weighted by Crippen LogP contribution is 2.29. The van der Waals surface area contributed by atoms with Crippen LogP contribution >= 0.6 is 0 Å². The molecule has 1 unspecified atom stereocenters. The maximum Gasteiger partial charge on any atom is 0.305 e. The Morgan fingerprint density at radius 2 is 1.85 bits per heavy atom. The van der Waals surface area contributed by atoms with Crippen LogP contribution in [0.1, 0.15) is 31.2 Å². The molecule has 1 rings (SSSR count). The van der Waals surface area contributed by atoms with Crippen LogP contribution in [0.4, 0.5) is 0 Å². The van der Waals surface area contributed by atoms with Gasteiger partial charge in [-0.1, -0.05) is 0 Å². The molecule has 0 bridgehead atoms. The summed E-state index contributed by atoms with van der Waals surface area (Å²) in [7, 11) is 3.11. The average Bonchev–Trinajstić information content (AvgIpc) is 2.47. The molecule has 0 amide bonds. The maximum absolute atomic E-state index is 11.4. The maximum atomic E-state index is 11.4. The molecule has 0 radical (unpaired) electrons. The number of carbonyl (C=O) groups excluding carboxylic acids is 1. The van der Waals surface area contributed by atoms with Crippen molar-refractivity contribution >= 4 is 5.97 Å². The zero-order valence-corrected chi connectivity index (χ0v) is 12.0. The molecular weight excluding hydrogens is 258 g/mol. The number of nitriles is 1. The van der Waals surface area contributed by atoms with E-state index in [4.69, 9.17) is 14.2 Å². The number of esters is 1. The number of nitrogens with zero attached hydrogens (tertiary/aromatic N) is 1. The van der Waals surface area contributed by atoms with E-state index in [-0.39, 0.29) is 12.4 Å². The average molecular weight is 277 g/mol. The van der Waals surface area contributed by atoms with Crippen molar-refractivity contribution in [2.24, 2.45) is 0 Å². The quantitative estimate of drug-likeness (QED) is 0.717. The third-order valence-electron chi connectivity index (χ3n) is 2.87. The van der Waals surface area contributed by atoms with Crippen molar-refractivity contribution in [3.05, 3.63) is 23.8 Å². The molecule has 0 spiro atoms. The monoisotopic (exact) mass is 277 g/mol. The van der Waals surface area contributed by atoms with Gasteiger partial charge >= 0.3 is 5.97 Å². The van der Waals surface area contributed by atoms with Crippen molar-refractivity contribution in [3.8, 4) is 17.6 Å². The van der Waals surface area contributed by atoms with Gasteiger partial charge < -0.3 is 14.2 Å². The molecule has 1 aromatic carbocycles. The van der Waals surface area contributed by atoms with Crippen LogP contribution in [0, 0.1) is 11.3 Å². The lowest BCUT2D eigenvalue weighted by molar-refractivity contribution is -0.143. The molecule has 108 valence electrons. The Balaban J connectivity index is 2.84. The highest BCUT2D eigenvalue weighted by molar-refractivity contribution is 5.69. The molecule has 0 aromatic heterocycles. The third-order valence-corrected chi connectivity index (χ3v) is 2.87. The van der Waals surface area contributed by atoms with E-state index in [2.05, 4.69) is 6.07 Å². The lowest BCUT2D eigenvalue weighted by Gasteiger charge is -2.12. The van der Waals surface area contributed by atoms with Gasteiger partial charge in [0.25, 0.3) is 0 Å². The first-order valence-electron chi connectivity index (χ1n) is 6.42. The molecule has 0 saturated heterocycles. The molecule has 1 aromatic rings. The Bertz CT molecular complexity index is 471. The van der Waals surface area contributed by atoms with Crippen molar-refractivity contribution in [3.63, 3.8) is 0 Å². The summed E-state index contributed by atoms with van der Waals surface area (Å²) < 4.78 is 15.2. The van der Waals surface area contributed by atoms with Gasteiger partial charge in [0.1, 0.15) is 11.5 Å². The SMILES string of the molecule is CCOC(=O)CCC(C#N)c1cc(OC)cc(OC)c1. The van der Waals surface area contributed by atoms with Gasteiger partial charge in [0.05, 0.1) is 32.8 Å². The van der Waals surface area contributed by atoms with Crippen LogP contribution < -0.4 is 9.47 Å². The number of ether oxygens (including phenoxy) is 3. The summed E-state index contributed by atoms with van der Waals surface area (Å²) in [5, 5.41) is 9.27. The standard InChI is InChI=1S/C15H19NO4/c1-4-20-15(17)6-5-11(10-16)12-7-13(18-2)9-14(8-12)19-3/h7-9,11H,4-6H2,1-3H3. The van der Waals surface area contributed by atoms with Crippen molar-refractivity contribution in [1.82, 2.24) is 0 Å². The lowest BCUT2D eigenvalue weighted by Crippen LogP contribution is -2.06. The number of benzene rings is 1. The summed E-state index contributed by atoms with van der Waals surface area (Å²) in [5.74, 6) is 0.553. The second-order valence-electron chi connectivity index (χ2n) is 4.17. The minimum atomic E-state index is -0.400. The van der Waals surface area contributed by atoms with Gasteiger partial charge in [-0.05, 0) is 31.0 Å². The number of carbonyl (C=O) groups is 1. The minimum absolute atomic E-state index is 0.214. The first-order valence-corrected chi connectivity index (χ1v) is 6.42. The molecule has 1 atom stereocenters. The number of rotatable bonds is 7. The second kappa shape index (κ2) is 8.05. The van der Waals surface area contributed by atoms with E-state index in [1.54, 1.807) is 39.3 Å². The van der Waals surface area contributed by atoms with Crippen LogP contribution in [-0.4, -0.2) is 26.8 Å². The topological polar surface area (TPSA) is 68.6 Å². The van der Waals surface area contributed by atoms with Crippen LogP contribution in [0.5, 0.6) is 11.5 Å². The molecule has 5 heteroatoms. The summed E-state index contributed by atoms with van der Waals surface area (Å²) >= 11 is 0. The Kier molecular flexibility index (Phi) is 6.38. The molecule has 0 aliphatic heterocycles. The van der Waals surface area contributed by atoms with E-state index in [1.807, 2.05) is 0 Å². The third kappa shape index (κ3) is 4.47. The molecule has 0 aliphatic carbocycles. The van der Waals surface area contributed by atoms with Crippen LogP contribution in [0.3, 0.4) is 0 Å². The molecule has 0 saturated carbocycles. The van der Waals surface area contributed by atoms with Crippen LogP contribution in [0.2, 0.25) is 0 Å². The molecule has 0 heterocycles. The molecule has 20 heavy (non-hydrogen) atoms.